The van der Waals surface area contributed by atoms with Gasteiger partial charge in [-0.3, -0.25) is 4.79 Å². The van der Waals surface area contributed by atoms with Crippen molar-refractivity contribution in [2.75, 3.05) is 26.4 Å². The summed E-state index contributed by atoms with van der Waals surface area (Å²) in [4.78, 5) is 27.6. The molecule has 1 saturated carbocycles. The van der Waals surface area contributed by atoms with E-state index in [0.717, 1.165) is 54.1 Å². The molecule has 1 aliphatic carbocycles. The first-order valence-electron chi connectivity index (χ1n) is 15.2. The number of carbonyl (C=O) groups is 2. The van der Waals surface area contributed by atoms with Crippen LogP contribution in [0.25, 0.3) is 0 Å². The Morgan fingerprint density at radius 1 is 1.08 bits per heavy atom. The van der Waals surface area contributed by atoms with Crippen molar-refractivity contribution in [2.24, 2.45) is 0 Å². The second kappa shape index (κ2) is 15.7. The third kappa shape index (κ3) is 8.69. The first-order valence-corrected chi connectivity index (χ1v) is 18.5. The fourth-order valence-electron chi connectivity index (χ4n) is 5.60. The molecule has 1 aromatic heterocycles. The fourth-order valence-corrected chi connectivity index (χ4v) is 9.30. The number of amides is 1. The minimum Gasteiger partial charge on any atom is -0.619 e. The summed E-state index contributed by atoms with van der Waals surface area (Å²) >= 11 is 13.8. The highest BCUT2D eigenvalue weighted by Gasteiger charge is 2.42. The number of aromatic nitrogens is 1. The maximum absolute atomic E-state index is 13.9. The van der Waals surface area contributed by atoms with Gasteiger partial charge in [0.1, 0.15) is 16.1 Å². The fraction of sp³-hybridized carbons (Fsp3) is 0.406. The van der Waals surface area contributed by atoms with Crippen LogP contribution in [-0.4, -0.2) is 74.0 Å². The summed E-state index contributed by atoms with van der Waals surface area (Å²) in [6.07, 6.45) is 3.82. The lowest BCUT2D eigenvalue weighted by molar-refractivity contribution is -0.605. The Balaban J connectivity index is 1.48. The SMILES string of the molecule is CN(C)C(=O)c1cccc(S(=O)(=O)N2CCSC2C(=O)OC(Cc2c(Cl)c[n+]([O-])cc2Cl)c2ccc(OC(F)F)c(OC3CCCC3)c2)c1. The normalized spacial score (nSPS) is 17.7. The zero-order valence-corrected chi connectivity index (χ0v) is 29.5. The second-order valence-electron chi connectivity index (χ2n) is 11.6. The summed E-state index contributed by atoms with van der Waals surface area (Å²) in [5.41, 5.74) is 0.703. The van der Waals surface area contributed by atoms with Gasteiger partial charge >= 0.3 is 12.6 Å². The van der Waals surface area contributed by atoms with Crippen molar-refractivity contribution in [3.63, 3.8) is 0 Å². The number of alkyl halides is 2. The van der Waals surface area contributed by atoms with Crippen LogP contribution in [0.4, 0.5) is 8.78 Å². The maximum atomic E-state index is 13.9. The molecule has 0 N–H and O–H groups in total. The molecule has 49 heavy (non-hydrogen) atoms. The number of ether oxygens (including phenoxy) is 3. The third-order valence-electron chi connectivity index (χ3n) is 8.00. The van der Waals surface area contributed by atoms with E-state index >= 15 is 0 Å². The van der Waals surface area contributed by atoms with Crippen LogP contribution in [0.3, 0.4) is 0 Å². The Kier molecular flexibility index (Phi) is 11.8. The second-order valence-corrected chi connectivity index (χ2v) is 15.5. The van der Waals surface area contributed by atoms with Crippen LogP contribution in [0.5, 0.6) is 11.5 Å². The molecular formula is C32H33Cl2F2N3O8S2. The molecule has 11 nitrogen and oxygen atoms in total. The number of sulfonamides is 1. The van der Waals surface area contributed by atoms with Crippen LogP contribution in [0.2, 0.25) is 10.0 Å². The number of pyridine rings is 1. The van der Waals surface area contributed by atoms with E-state index < -0.39 is 40.0 Å². The van der Waals surface area contributed by atoms with Crippen LogP contribution < -0.4 is 14.2 Å². The first-order chi connectivity index (χ1) is 23.2. The zero-order valence-electron chi connectivity index (χ0n) is 26.4. The van der Waals surface area contributed by atoms with Gasteiger partial charge in [0.05, 0.1) is 11.0 Å². The lowest BCUT2D eigenvalue weighted by Gasteiger charge is -2.26. The van der Waals surface area contributed by atoms with Crippen molar-refractivity contribution < 1.29 is 45.7 Å². The molecule has 2 aliphatic rings. The Labute approximate surface area is 296 Å². The van der Waals surface area contributed by atoms with Gasteiger partial charge in [-0.15, -0.1) is 11.8 Å². The Morgan fingerprint density at radius 2 is 1.78 bits per heavy atom. The molecule has 1 aliphatic heterocycles. The van der Waals surface area contributed by atoms with Gasteiger partial charge in [-0.2, -0.15) is 17.8 Å². The number of thioether (sulfide) groups is 1. The Morgan fingerprint density at radius 3 is 2.43 bits per heavy atom. The lowest BCUT2D eigenvalue weighted by atomic mass is 10.0. The topological polar surface area (TPSA) is 129 Å². The van der Waals surface area contributed by atoms with Crippen molar-refractivity contribution in [3.05, 3.63) is 86.8 Å². The number of nitrogens with zero attached hydrogens (tertiary/aromatic N) is 3. The van der Waals surface area contributed by atoms with E-state index in [2.05, 4.69) is 0 Å². The molecule has 0 spiro atoms. The average Bonchev–Trinajstić information content (AvgIpc) is 3.76. The summed E-state index contributed by atoms with van der Waals surface area (Å²) in [5.74, 6) is -1.23. The van der Waals surface area contributed by atoms with Crippen LogP contribution >= 0.6 is 35.0 Å². The quantitative estimate of drug-likeness (QED) is 0.127. The van der Waals surface area contributed by atoms with Crippen molar-refractivity contribution in [2.45, 2.75) is 61.2 Å². The number of hydrogen-bond acceptors (Lipinski definition) is 9. The van der Waals surface area contributed by atoms with Crippen LogP contribution in [0, 0.1) is 5.21 Å². The molecule has 0 bridgehead atoms. The van der Waals surface area contributed by atoms with Crippen LogP contribution in [-0.2, 0) is 26.0 Å². The molecule has 2 heterocycles. The molecule has 2 aromatic carbocycles. The number of benzene rings is 2. The summed E-state index contributed by atoms with van der Waals surface area (Å²) in [6.45, 7) is -3.14. The first kappa shape index (κ1) is 36.9. The van der Waals surface area contributed by atoms with Gasteiger partial charge in [0.25, 0.3) is 5.91 Å². The minimum absolute atomic E-state index is 0.0117. The lowest BCUT2D eigenvalue weighted by Crippen LogP contribution is -2.40. The van der Waals surface area contributed by atoms with E-state index in [9.17, 15) is 32.0 Å². The molecule has 2 atom stereocenters. The molecule has 3 aromatic rings. The summed E-state index contributed by atoms with van der Waals surface area (Å²) in [6, 6.07) is 9.65. The molecule has 2 fully saturated rings. The number of esters is 1. The zero-order chi connectivity index (χ0) is 35.5. The molecule has 2 unspecified atom stereocenters. The van der Waals surface area contributed by atoms with Crippen molar-refractivity contribution >= 4 is 56.9 Å². The monoisotopic (exact) mass is 759 g/mol. The van der Waals surface area contributed by atoms with E-state index in [1.165, 1.54) is 47.4 Å². The molecule has 1 amide bonds. The molecule has 264 valence electrons. The van der Waals surface area contributed by atoms with Gasteiger partial charge in [0.2, 0.25) is 10.0 Å². The van der Waals surface area contributed by atoms with Crippen molar-refractivity contribution in [1.29, 1.82) is 0 Å². The molecule has 1 saturated heterocycles. The Hall–Kier alpha value is -3.37. The molecule has 5 rings (SSSR count). The Bertz CT molecular complexity index is 1790. The van der Waals surface area contributed by atoms with Crippen molar-refractivity contribution in [1.82, 2.24) is 9.21 Å². The van der Waals surface area contributed by atoms with E-state index in [1.54, 1.807) is 14.1 Å². The predicted octanol–water partition coefficient (Wildman–Crippen LogP) is 5.84. The highest BCUT2D eigenvalue weighted by atomic mass is 35.5. The number of rotatable bonds is 12. The number of halogens is 4. The molecule has 17 heteroatoms. The standard InChI is InChI=1S/C32H33Cl2F2N3O8S2/c1-37(2)29(40)20-6-5-9-22(14-20)49(43,44)39-12-13-48-30(39)31(41)46-27(16-23-24(33)17-38(42)18-25(23)34)19-10-11-26(47-32(35)36)28(15-19)45-21-7-3-4-8-21/h5-6,9-11,14-15,17-18,21,27,30,32H,3-4,7-8,12-13,16H2,1-2H3. The largest absolute Gasteiger partial charge is 0.619 e. The van der Waals surface area contributed by atoms with Gasteiger partial charge in [-0.05, 0) is 61.6 Å². The van der Waals surface area contributed by atoms with Crippen molar-refractivity contribution in [3.8, 4) is 11.5 Å². The molecular weight excluding hydrogens is 727 g/mol. The summed E-state index contributed by atoms with van der Waals surface area (Å²) in [5, 5.41) is 10.6. The highest BCUT2D eigenvalue weighted by molar-refractivity contribution is 8.02. The van der Waals surface area contributed by atoms with Gasteiger partial charge in [0, 0.05) is 43.9 Å². The van der Waals surface area contributed by atoms with Gasteiger partial charge in [0.15, 0.2) is 29.3 Å². The van der Waals surface area contributed by atoms with Crippen LogP contribution in [0.15, 0.2) is 59.8 Å². The van der Waals surface area contributed by atoms with Crippen LogP contribution in [0.1, 0.15) is 53.3 Å². The number of carbonyl (C=O) groups excluding carboxylic acids is 2. The predicted molar refractivity (Wildman–Crippen MR) is 179 cm³/mol. The highest BCUT2D eigenvalue weighted by Crippen LogP contribution is 2.39. The maximum Gasteiger partial charge on any atom is 0.387 e. The van der Waals surface area contributed by atoms with E-state index in [0.29, 0.717) is 10.3 Å². The summed E-state index contributed by atoms with van der Waals surface area (Å²) in [7, 11) is -1.19. The summed E-state index contributed by atoms with van der Waals surface area (Å²) < 4.78 is 72.4. The number of hydrogen-bond donors (Lipinski definition) is 0. The van der Waals surface area contributed by atoms with E-state index in [-0.39, 0.29) is 62.4 Å². The average molecular weight is 761 g/mol. The van der Waals surface area contributed by atoms with Gasteiger partial charge in [-0.1, -0.05) is 35.3 Å². The van der Waals surface area contributed by atoms with Gasteiger partial charge < -0.3 is 24.3 Å². The minimum atomic E-state index is -4.28. The van der Waals surface area contributed by atoms with E-state index in [4.69, 9.17) is 37.4 Å². The van der Waals surface area contributed by atoms with Gasteiger partial charge in [-0.25, -0.2) is 13.2 Å². The third-order valence-corrected chi connectivity index (χ3v) is 11.8. The van der Waals surface area contributed by atoms with E-state index in [1.807, 2.05) is 0 Å². The smallest absolute Gasteiger partial charge is 0.387 e. The molecule has 0 radical (unpaired) electrons.